The van der Waals surface area contributed by atoms with Gasteiger partial charge in [-0.3, -0.25) is 14.4 Å². The Morgan fingerprint density at radius 3 is 2.32 bits per heavy atom. The molecule has 1 aromatic rings. The number of allylic oxidation sites excluding steroid dienone is 1. The summed E-state index contributed by atoms with van der Waals surface area (Å²) in [4.78, 5) is 36.9. The number of aliphatic hydroxyl groups is 1. The van der Waals surface area contributed by atoms with Crippen LogP contribution in [-0.4, -0.2) is 42.6 Å². The maximum Gasteiger partial charge on any atom is 0.316 e. The minimum atomic E-state index is -1.61. The average Bonchev–Trinajstić information content (AvgIpc) is 2.58. The van der Waals surface area contributed by atoms with Crippen LogP contribution in [0.25, 0.3) is 6.08 Å². The summed E-state index contributed by atoms with van der Waals surface area (Å²) in [7, 11) is 2.40. The van der Waals surface area contributed by atoms with E-state index in [1.807, 2.05) is 30.3 Å². The van der Waals surface area contributed by atoms with Gasteiger partial charge in [0.25, 0.3) is 0 Å². The van der Waals surface area contributed by atoms with Crippen LogP contribution >= 0.6 is 0 Å². The smallest absolute Gasteiger partial charge is 0.316 e. The molecule has 6 heteroatoms. The van der Waals surface area contributed by atoms with Crippen molar-refractivity contribution in [2.24, 2.45) is 17.8 Å². The average molecular weight is 346 g/mol. The molecule has 134 valence electrons. The van der Waals surface area contributed by atoms with Crippen LogP contribution in [0.5, 0.6) is 0 Å². The molecule has 4 atom stereocenters. The highest BCUT2D eigenvalue weighted by molar-refractivity contribution is 6.02. The maximum absolute atomic E-state index is 12.4. The van der Waals surface area contributed by atoms with Crippen molar-refractivity contribution in [2.75, 3.05) is 14.2 Å². The van der Waals surface area contributed by atoms with Gasteiger partial charge in [-0.1, -0.05) is 42.5 Å². The van der Waals surface area contributed by atoms with Gasteiger partial charge in [-0.2, -0.15) is 0 Å². The standard InChI is InChI=1S/C19H22O6/c1-19(23)11-14(20)15(17(21)24-2)13(16(19)18(22)25-3)10-9-12-7-5-4-6-8-12/h4-10,13,15-16,23H,11H2,1-3H3/b10-9+/t13-,15+,16+,19+/m1/s1. The zero-order valence-corrected chi connectivity index (χ0v) is 14.5. The Balaban J connectivity index is 2.49. The summed E-state index contributed by atoms with van der Waals surface area (Å²) in [6, 6.07) is 9.24. The largest absolute Gasteiger partial charge is 0.469 e. The van der Waals surface area contributed by atoms with Gasteiger partial charge >= 0.3 is 11.9 Å². The third kappa shape index (κ3) is 3.96. The summed E-state index contributed by atoms with van der Waals surface area (Å²) >= 11 is 0. The molecule has 0 spiro atoms. The van der Waals surface area contributed by atoms with Gasteiger partial charge in [-0.15, -0.1) is 0 Å². The van der Waals surface area contributed by atoms with Gasteiger partial charge in [0.05, 0.1) is 25.7 Å². The molecule has 6 nitrogen and oxygen atoms in total. The summed E-state index contributed by atoms with van der Waals surface area (Å²) in [6.45, 7) is 1.41. The second-order valence-electron chi connectivity index (χ2n) is 6.35. The number of Topliss-reactive ketones (excluding diaryl/α,β-unsaturated/α-hetero) is 1. The fourth-order valence-electron chi connectivity index (χ4n) is 3.36. The summed E-state index contributed by atoms with van der Waals surface area (Å²) in [5, 5.41) is 10.6. The first-order valence-electron chi connectivity index (χ1n) is 7.96. The van der Waals surface area contributed by atoms with E-state index in [0.717, 1.165) is 5.56 Å². The van der Waals surface area contributed by atoms with Crippen molar-refractivity contribution in [1.82, 2.24) is 0 Å². The van der Waals surface area contributed by atoms with Gasteiger partial charge in [-0.25, -0.2) is 0 Å². The van der Waals surface area contributed by atoms with E-state index in [1.165, 1.54) is 21.1 Å². The Hall–Kier alpha value is -2.47. The Morgan fingerprint density at radius 2 is 1.76 bits per heavy atom. The zero-order valence-electron chi connectivity index (χ0n) is 14.5. The second kappa shape index (κ2) is 7.61. The molecule has 0 amide bonds. The van der Waals surface area contributed by atoms with Crippen LogP contribution < -0.4 is 0 Å². The predicted molar refractivity (Wildman–Crippen MR) is 90.2 cm³/mol. The van der Waals surface area contributed by atoms with E-state index in [-0.39, 0.29) is 6.42 Å². The van der Waals surface area contributed by atoms with E-state index in [1.54, 1.807) is 12.2 Å². The van der Waals surface area contributed by atoms with Gasteiger partial charge in [-0.05, 0) is 12.5 Å². The number of carbonyl (C=O) groups excluding carboxylic acids is 3. The number of hydrogen-bond donors (Lipinski definition) is 1. The van der Waals surface area contributed by atoms with Gasteiger partial charge in [0, 0.05) is 12.3 Å². The van der Waals surface area contributed by atoms with Crippen LogP contribution in [0.1, 0.15) is 18.9 Å². The maximum atomic E-state index is 12.4. The fourth-order valence-corrected chi connectivity index (χ4v) is 3.36. The molecular formula is C19H22O6. The Morgan fingerprint density at radius 1 is 1.16 bits per heavy atom. The fraction of sp³-hybridized carbons (Fsp3) is 0.421. The van der Waals surface area contributed by atoms with Gasteiger partial charge in [0.1, 0.15) is 5.92 Å². The van der Waals surface area contributed by atoms with Crippen molar-refractivity contribution in [3.05, 3.63) is 42.0 Å². The highest BCUT2D eigenvalue weighted by atomic mass is 16.5. The molecule has 0 heterocycles. The topological polar surface area (TPSA) is 89.9 Å². The predicted octanol–water partition coefficient (Wildman–Crippen LogP) is 1.62. The third-order valence-electron chi connectivity index (χ3n) is 4.54. The van der Waals surface area contributed by atoms with Crippen molar-refractivity contribution < 1.29 is 29.0 Å². The Bertz CT molecular complexity index is 676. The van der Waals surface area contributed by atoms with Crippen LogP contribution in [0.3, 0.4) is 0 Å². The van der Waals surface area contributed by atoms with E-state index in [2.05, 4.69) is 0 Å². The van der Waals surface area contributed by atoms with Crippen LogP contribution in [0.15, 0.2) is 36.4 Å². The Kier molecular flexibility index (Phi) is 5.74. The lowest BCUT2D eigenvalue weighted by atomic mass is 9.63. The minimum Gasteiger partial charge on any atom is -0.469 e. The summed E-state index contributed by atoms with van der Waals surface area (Å²) in [6.07, 6.45) is 3.00. The van der Waals surface area contributed by atoms with Crippen molar-refractivity contribution in [2.45, 2.75) is 18.9 Å². The molecular weight excluding hydrogens is 324 g/mol. The molecule has 1 aliphatic rings. The molecule has 25 heavy (non-hydrogen) atoms. The molecule has 0 radical (unpaired) electrons. The number of methoxy groups -OCH3 is 2. The molecule has 1 aromatic carbocycles. The molecule has 0 aromatic heterocycles. The lowest BCUT2D eigenvalue weighted by molar-refractivity contribution is -0.172. The minimum absolute atomic E-state index is 0.317. The lowest BCUT2D eigenvalue weighted by Gasteiger charge is -2.42. The van der Waals surface area contributed by atoms with E-state index in [4.69, 9.17) is 9.47 Å². The van der Waals surface area contributed by atoms with E-state index >= 15 is 0 Å². The number of hydrogen-bond acceptors (Lipinski definition) is 6. The highest BCUT2D eigenvalue weighted by Crippen LogP contribution is 2.42. The molecule has 0 saturated heterocycles. The quantitative estimate of drug-likeness (QED) is 0.658. The molecule has 1 N–H and O–H groups in total. The molecule has 1 saturated carbocycles. The first kappa shape index (κ1) is 18.9. The normalized spacial score (nSPS) is 29.4. The van der Waals surface area contributed by atoms with Crippen LogP contribution in [0, 0.1) is 17.8 Å². The van der Waals surface area contributed by atoms with E-state index in [0.29, 0.717) is 0 Å². The lowest BCUT2D eigenvalue weighted by Crippen LogP contribution is -2.55. The number of benzene rings is 1. The SMILES string of the molecule is COC(=O)[C@@H]1C(=O)C[C@](C)(O)[C@H](C(=O)OC)[C@@H]1/C=C/c1ccccc1. The zero-order chi connectivity index (χ0) is 18.6. The van der Waals surface area contributed by atoms with Crippen molar-refractivity contribution in [3.8, 4) is 0 Å². The van der Waals surface area contributed by atoms with Gasteiger partial charge in [0.2, 0.25) is 0 Å². The molecule has 1 fully saturated rings. The van der Waals surface area contributed by atoms with Crippen molar-refractivity contribution >= 4 is 23.8 Å². The summed E-state index contributed by atoms with van der Waals surface area (Å²) in [5.41, 5.74) is -0.771. The summed E-state index contributed by atoms with van der Waals surface area (Å²) < 4.78 is 9.55. The number of carbonyl (C=O) groups is 3. The first-order valence-corrected chi connectivity index (χ1v) is 7.96. The number of ether oxygens (including phenoxy) is 2. The number of rotatable bonds is 4. The second-order valence-corrected chi connectivity index (χ2v) is 6.35. The first-order chi connectivity index (χ1) is 11.8. The highest BCUT2D eigenvalue weighted by Gasteiger charge is 2.55. The van der Waals surface area contributed by atoms with E-state index < -0.39 is 41.1 Å². The van der Waals surface area contributed by atoms with Crippen LogP contribution in [0.2, 0.25) is 0 Å². The van der Waals surface area contributed by atoms with Crippen molar-refractivity contribution in [1.29, 1.82) is 0 Å². The Labute approximate surface area is 146 Å². The van der Waals surface area contributed by atoms with Gasteiger partial charge in [0.15, 0.2) is 5.78 Å². The monoisotopic (exact) mass is 346 g/mol. The molecule has 2 rings (SSSR count). The van der Waals surface area contributed by atoms with Crippen LogP contribution in [-0.2, 0) is 23.9 Å². The molecule has 0 unspecified atom stereocenters. The van der Waals surface area contributed by atoms with Crippen LogP contribution in [0.4, 0.5) is 0 Å². The van der Waals surface area contributed by atoms with Crippen molar-refractivity contribution in [3.63, 3.8) is 0 Å². The number of ketones is 1. The van der Waals surface area contributed by atoms with Gasteiger partial charge < -0.3 is 14.6 Å². The number of esters is 2. The third-order valence-corrected chi connectivity index (χ3v) is 4.54. The van der Waals surface area contributed by atoms with E-state index in [9.17, 15) is 19.5 Å². The summed E-state index contributed by atoms with van der Waals surface area (Å²) in [5.74, 6) is -4.93. The molecule has 0 bridgehead atoms. The molecule has 1 aliphatic carbocycles. The molecule has 0 aliphatic heterocycles.